The van der Waals surface area contributed by atoms with Gasteiger partial charge in [0.2, 0.25) is 11.8 Å². The van der Waals surface area contributed by atoms with Crippen LogP contribution in [-0.2, 0) is 32.6 Å². The van der Waals surface area contributed by atoms with Crippen LogP contribution in [0.2, 0.25) is 0 Å². The number of amides is 2. The van der Waals surface area contributed by atoms with Crippen molar-refractivity contribution < 1.29 is 22.7 Å². The van der Waals surface area contributed by atoms with E-state index in [1.807, 2.05) is 67.6 Å². The van der Waals surface area contributed by atoms with E-state index in [4.69, 9.17) is 4.74 Å². The van der Waals surface area contributed by atoms with Crippen molar-refractivity contribution in [1.29, 1.82) is 0 Å². The zero-order chi connectivity index (χ0) is 32.4. The van der Waals surface area contributed by atoms with Crippen LogP contribution in [0.15, 0.2) is 120 Å². The molecule has 0 radical (unpaired) electrons. The van der Waals surface area contributed by atoms with Crippen molar-refractivity contribution in [1.82, 2.24) is 10.2 Å². The standard InChI is InChI=1S/C37H41N3O5S/c1-2-45-35-25-15-14-24-33(35)40(46(43,44)32-22-10-5-11-23-32)28-36(41)39(27-30-18-8-4-9-19-30)34(26-29-16-6-3-7-17-29)37(42)38-31-20-12-13-21-31/h3-11,14-19,22-25,31,34H,2,12-13,20-21,26-28H2,1H3,(H,38,42). The van der Waals surface area contributed by atoms with Crippen LogP contribution in [0.1, 0.15) is 43.7 Å². The lowest BCUT2D eigenvalue weighted by atomic mass is 10.0. The Morgan fingerprint density at radius 1 is 0.804 bits per heavy atom. The molecule has 240 valence electrons. The van der Waals surface area contributed by atoms with Crippen LogP contribution in [0.4, 0.5) is 5.69 Å². The second-order valence-electron chi connectivity index (χ2n) is 11.4. The van der Waals surface area contributed by atoms with E-state index in [-0.39, 0.29) is 35.5 Å². The molecular weight excluding hydrogens is 598 g/mol. The number of hydrogen-bond donors (Lipinski definition) is 1. The Balaban J connectivity index is 1.57. The molecule has 1 N–H and O–H groups in total. The average Bonchev–Trinajstić information content (AvgIpc) is 3.60. The van der Waals surface area contributed by atoms with E-state index in [0.717, 1.165) is 41.1 Å². The summed E-state index contributed by atoms with van der Waals surface area (Å²) in [7, 11) is -4.21. The Morgan fingerprint density at radius 2 is 1.37 bits per heavy atom. The van der Waals surface area contributed by atoms with Crippen molar-refractivity contribution >= 4 is 27.5 Å². The topological polar surface area (TPSA) is 96.0 Å². The highest BCUT2D eigenvalue weighted by Crippen LogP contribution is 2.33. The Hall–Kier alpha value is -4.63. The van der Waals surface area contributed by atoms with E-state index in [2.05, 4.69) is 5.32 Å². The summed E-state index contributed by atoms with van der Waals surface area (Å²) in [6, 6.07) is 33.1. The highest BCUT2D eigenvalue weighted by atomic mass is 32.2. The third-order valence-electron chi connectivity index (χ3n) is 8.21. The zero-order valence-electron chi connectivity index (χ0n) is 26.1. The number of para-hydroxylation sites is 2. The van der Waals surface area contributed by atoms with Gasteiger partial charge in [0.15, 0.2) is 0 Å². The normalized spacial score (nSPS) is 13.9. The van der Waals surface area contributed by atoms with Gasteiger partial charge in [-0.3, -0.25) is 13.9 Å². The Labute approximate surface area is 272 Å². The molecule has 1 aliphatic carbocycles. The SMILES string of the molecule is CCOc1ccccc1N(CC(=O)N(Cc1ccccc1)C(Cc1ccccc1)C(=O)NC1CCCC1)S(=O)(=O)c1ccccc1. The van der Waals surface area contributed by atoms with Gasteiger partial charge in [-0.1, -0.05) is 104 Å². The average molecular weight is 640 g/mol. The monoisotopic (exact) mass is 639 g/mol. The maximum Gasteiger partial charge on any atom is 0.264 e. The fraction of sp³-hybridized carbons (Fsp3) is 0.297. The molecule has 0 saturated heterocycles. The molecule has 9 heteroatoms. The van der Waals surface area contributed by atoms with Gasteiger partial charge in [-0.15, -0.1) is 0 Å². The number of anilines is 1. The van der Waals surface area contributed by atoms with Gasteiger partial charge in [-0.05, 0) is 55.2 Å². The minimum Gasteiger partial charge on any atom is -0.492 e. The fourth-order valence-corrected chi connectivity index (χ4v) is 7.32. The molecule has 2 amide bonds. The molecular formula is C37H41N3O5S. The van der Waals surface area contributed by atoms with Gasteiger partial charge >= 0.3 is 0 Å². The van der Waals surface area contributed by atoms with Gasteiger partial charge < -0.3 is 15.0 Å². The zero-order valence-corrected chi connectivity index (χ0v) is 26.9. The second kappa shape index (κ2) is 15.6. The van der Waals surface area contributed by atoms with Crippen LogP contribution in [0.5, 0.6) is 5.75 Å². The van der Waals surface area contributed by atoms with E-state index < -0.39 is 28.5 Å². The second-order valence-corrected chi connectivity index (χ2v) is 13.3. The first kappa shape index (κ1) is 32.8. The van der Waals surface area contributed by atoms with Crippen molar-refractivity contribution in [2.45, 2.75) is 62.6 Å². The van der Waals surface area contributed by atoms with Crippen molar-refractivity contribution in [2.24, 2.45) is 0 Å². The van der Waals surface area contributed by atoms with Crippen molar-refractivity contribution in [2.75, 3.05) is 17.5 Å². The van der Waals surface area contributed by atoms with E-state index in [0.29, 0.717) is 12.4 Å². The van der Waals surface area contributed by atoms with E-state index in [9.17, 15) is 18.0 Å². The van der Waals surface area contributed by atoms with E-state index >= 15 is 0 Å². The number of sulfonamides is 1. The number of benzene rings is 4. The molecule has 1 fully saturated rings. The van der Waals surface area contributed by atoms with Crippen molar-refractivity contribution in [3.63, 3.8) is 0 Å². The Bertz CT molecular complexity index is 1680. The number of ether oxygens (including phenoxy) is 1. The first-order valence-electron chi connectivity index (χ1n) is 15.8. The van der Waals surface area contributed by atoms with Crippen LogP contribution in [-0.4, -0.2) is 50.4 Å². The molecule has 4 aromatic rings. The lowest BCUT2D eigenvalue weighted by Gasteiger charge is -2.34. The largest absolute Gasteiger partial charge is 0.492 e. The van der Waals surface area contributed by atoms with Gasteiger partial charge in [0, 0.05) is 19.0 Å². The van der Waals surface area contributed by atoms with Crippen LogP contribution in [0, 0.1) is 0 Å². The smallest absolute Gasteiger partial charge is 0.264 e. The number of carbonyl (C=O) groups excluding carboxylic acids is 2. The van der Waals surface area contributed by atoms with Gasteiger partial charge in [0.05, 0.1) is 17.2 Å². The molecule has 1 saturated carbocycles. The van der Waals surface area contributed by atoms with Crippen LogP contribution in [0.3, 0.4) is 0 Å². The third kappa shape index (κ3) is 8.14. The molecule has 5 rings (SSSR count). The molecule has 0 bridgehead atoms. The summed E-state index contributed by atoms with van der Waals surface area (Å²) >= 11 is 0. The molecule has 0 spiro atoms. The first-order chi connectivity index (χ1) is 22.4. The predicted octanol–water partition coefficient (Wildman–Crippen LogP) is 5.98. The van der Waals surface area contributed by atoms with Crippen molar-refractivity contribution in [3.05, 3.63) is 126 Å². The number of carbonyl (C=O) groups is 2. The van der Waals surface area contributed by atoms with Crippen molar-refractivity contribution in [3.8, 4) is 5.75 Å². The highest BCUT2D eigenvalue weighted by Gasteiger charge is 2.36. The van der Waals surface area contributed by atoms with Gasteiger partial charge in [0.25, 0.3) is 10.0 Å². The van der Waals surface area contributed by atoms with Crippen LogP contribution in [0.25, 0.3) is 0 Å². The molecule has 1 aliphatic rings. The summed E-state index contributed by atoms with van der Waals surface area (Å²) in [4.78, 5) is 30.3. The number of hydrogen-bond acceptors (Lipinski definition) is 5. The third-order valence-corrected chi connectivity index (χ3v) is 9.99. The summed E-state index contributed by atoms with van der Waals surface area (Å²) in [5, 5.41) is 3.20. The number of nitrogens with one attached hydrogen (secondary N) is 1. The minimum absolute atomic E-state index is 0.0449. The molecule has 1 atom stereocenters. The highest BCUT2D eigenvalue weighted by molar-refractivity contribution is 7.92. The molecule has 8 nitrogen and oxygen atoms in total. The van der Waals surface area contributed by atoms with E-state index in [1.54, 1.807) is 42.5 Å². The molecule has 4 aromatic carbocycles. The summed E-state index contributed by atoms with van der Waals surface area (Å²) in [5.74, 6) is -0.406. The molecule has 0 aliphatic heterocycles. The Kier molecular flexibility index (Phi) is 11.1. The maximum atomic E-state index is 14.7. The molecule has 46 heavy (non-hydrogen) atoms. The summed E-state index contributed by atoms with van der Waals surface area (Å²) in [6.45, 7) is 1.72. The van der Waals surface area contributed by atoms with Gasteiger partial charge in [-0.25, -0.2) is 8.42 Å². The quantitative estimate of drug-likeness (QED) is 0.183. The first-order valence-corrected chi connectivity index (χ1v) is 17.3. The lowest BCUT2D eigenvalue weighted by Crippen LogP contribution is -2.54. The predicted molar refractivity (Wildman–Crippen MR) is 180 cm³/mol. The molecule has 1 unspecified atom stereocenters. The maximum absolute atomic E-state index is 14.7. The summed E-state index contributed by atoms with van der Waals surface area (Å²) < 4.78 is 35.4. The fourth-order valence-electron chi connectivity index (χ4n) is 5.88. The van der Waals surface area contributed by atoms with Crippen LogP contribution < -0.4 is 14.4 Å². The van der Waals surface area contributed by atoms with Gasteiger partial charge in [0.1, 0.15) is 18.3 Å². The summed E-state index contributed by atoms with van der Waals surface area (Å²) in [6.07, 6.45) is 4.17. The van der Waals surface area contributed by atoms with E-state index in [1.165, 1.54) is 17.0 Å². The minimum atomic E-state index is -4.21. The number of rotatable bonds is 14. The molecule has 0 heterocycles. The molecule has 0 aromatic heterocycles. The van der Waals surface area contributed by atoms with Gasteiger partial charge in [-0.2, -0.15) is 0 Å². The van der Waals surface area contributed by atoms with Crippen LogP contribution >= 0.6 is 0 Å². The lowest BCUT2D eigenvalue weighted by molar-refractivity contribution is -0.140. The summed E-state index contributed by atoms with van der Waals surface area (Å²) in [5.41, 5.74) is 1.97. The Morgan fingerprint density at radius 3 is 2.00 bits per heavy atom. The number of nitrogens with zero attached hydrogens (tertiary/aromatic N) is 2.